The standard InChI is InChI=1S/C15H27N3O4/c1-15(2,3)10-12(19)17-11-13(20)16-5-4-14(21)18-6-8-22-9-7-18/h4-11H2,1-3H3,(H,16,20)(H,17,19). The Morgan fingerprint density at radius 3 is 2.27 bits per heavy atom. The average molecular weight is 313 g/mol. The topological polar surface area (TPSA) is 87.7 Å². The Kier molecular flexibility index (Phi) is 7.31. The number of nitrogens with zero attached hydrogens (tertiary/aromatic N) is 1. The molecule has 2 N–H and O–H groups in total. The molecule has 7 heteroatoms. The number of carbonyl (C=O) groups excluding carboxylic acids is 3. The molecule has 7 nitrogen and oxygen atoms in total. The number of morpholine rings is 1. The van der Waals surface area contributed by atoms with Crippen LogP contribution in [-0.2, 0) is 19.1 Å². The lowest BCUT2D eigenvalue weighted by atomic mass is 9.92. The minimum Gasteiger partial charge on any atom is -0.378 e. The highest BCUT2D eigenvalue weighted by Crippen LogP contribution is 2.17. The number of amides is 3. The summed E-state index contributed by atoms with van der Waals surface area (Å²) in [5.41, 5.74) is -0.106. The van der Waals surface area contributed by atoms with E-state index in [0.717, 1.165) is 0 Å². The predicted molar refractivity (Wildman–Crippen MR) is 82.1 cm³/mol. The molecule has 0 aromatic rings. The summed E-state index contributed by atoms with van der Waals surface area (Å²) >= 11 is 0. The maximum absolute atomic E-state index is 11.9. The molecule has 3 amide bonds. The summed E-state index contributed by atoms with van der Waals surface area (Å²) in [6.45, 7) is 8.46. The third-order valence-corrected chi connectivity index (χ3v) is 3.16. The fraction of sp³-hybridized carbons (Fsp3) is 0.800. The lowest BCUT2D eigenvalue weighted by Gasteiger charge is -2.26. The van der Waals surface area contributed by atoms with Gasteiger partial charge in [0.2, 0.25) is 17.7 Å². The summed E-state index contributed by atoms with van der Waals surface area (Å²) < 4.78 is 5.18. The molecule has 1 aliphatic heterocycles. The van der Waals surface area contributed by atoms with Gasteiger partial charge in [-0.15, -0.1) is 0 Å². The highest BCUT2D eigenvalue weighted by Gasteiger charge is 2.17. The van der Waals surface area contributed by atoms with Crippen molar-refractivity contribution in [2.24, 2.45) is 5.41 Å². The second-order valence-electron chi connectivity index (χ2n) is 6.61. The SMILES string of the molecule is CC(C)(C)CC(=O)NCC(=O)NCCC(=O)N1CCOCC1. The van der Waals surface area contributed by atoms with Crippen LogP contribution in [-0.4, -0.2) is 62.0 Å². The van der Waals surface area contributed by atoms with Gasteiger partial charge in [-0.25, -0.2) is 0 Å². The molecule has 1 heterocycles. The molecule has 0 unspecified atom stereocenters. The average Bonchev–Trinajstić information content (AvgIpc) is 2.44. The largest absolute Gasteiger partial charge is 0.378 e. The second kappa shape index (κ2) is 8.73. The molecule has 1 rings (SSSR count). The van der Waals surface area contributed by atoms with Gasteiger partial charge in [-0.1, -0.05) is 20.8 Å². The highest BCUT2D eigenvalue weighted by molar-refractivity contribution is 5.85. The van der Waals surface area contributed by atoms with Crippen LogP contribution in [0, 0.1) is 5.41 Å². The van der Waals surface area contributed by atoms with E-state index in [1.54, 1.807) is 4.90 Å². The van der Waals surface area contributed by atoms with Gasteiger partial charge in [0, 0.05) is 32.5 Å². The molecular formula is C15H27N3O4. The molecule has 0 aliphatic carbocycles. The van der Waals surface area contributed by atoms with Crippen molar-refractivity contribution in [1.29, 1.82) is 0 Å². The number of rotatable bonds is 6. The van der Waals surface area contributed by atoms with Gasteiger partial charge < -0.3 is 20.3 Å². The molecule has 0 atom stereocenters. The Balaban J connectivity index is 2.12. The van der Waals surface area contributed by atoms with Gasteiger partial charge in [-0.3, -0.25) is 14.4 Å². The third kappa shape index (κ3) is 7.97. The van der Waals surface area contributed by atoms with E-state index in [1.165, 1.54) is 0 Å². The summed E-state index contributed by atoms with van der Waals surface area (Å²) in [6.07, 6.45) is 0.636. The Morgan fingerprint density at radius 2 is 1.68 bits per heavy atom. The maximum Gasteiger partial charge on any atom is 0.239 e. The van der Waals surface area contributed by atoms with E-state index < -0.39 is 0 Å². The number of carbonyl (C=O) groups is 3. The van der Waals surface area contributed by atoms with E-state index in [0.29, 0.717) is 32.7 Å². The predicted octanol–water partition coefficient (Wildman–Crippen LogP) is -0.0961. The molecule has 1 aliphatic rings. The zero-order chi connectivity index (χ0) is 16.6. The highest BCUT2D eigenvalue weighted by atomic mass is 16.5. The van der Waals surface area contributed by atoms with Crippen LogP contribution >= 0.6 is 0 Å². The van der Waals surface area contributed by atoms with Crippen LogP contribution in [0.1, 0.15) is 33.6 Å². The Bertz CT molecular complexity index is 398. The van der Waals surface area contributed by atoms with Crippen molar-refractivity contribution < 1.29 is 19.1 Å². The van der Waals surface area contributed by atoms with E-state index in [1.807, 2.05) is 20.8 Å². The molecule has 1 saturated heterocycles. The second-order valence-corrected chi connectivity index (χ2v) is 6.61. The van der Waals surface area contributed by atoms with E-state index >= 15 is 0 Å². The number of hydrogen-bond acceptors (Lipinski definition) is 4. The van der Waals surface area contributed by atoms with Gasteiger partial charge in [0.25, 0.3) is 0 Å². The van der Waals surface area contributed by atoms with Gasteiger partial charge in [0.1, 0.15) is 0 Å². The van der Waals surface area contributed by atoms with Crippen molar-refractivity contribution in [3.63, 3.8) is 0 Å². The molecule has 0 bridgehead atoms. The zero-order valence-electron chi connectivity index (χ0n) is 13.7. The van der Waals surface area contributed by atoms with E-state index in [9.17, 15) is 14.4 Å². The minimum absolute atomic E-state index is 0.0142. The smallest absolute Gasteiger partial charge is 0.239 e. The first kappa shape index (κ1) is 18.4. The summed E-state index contributed by atoms with van der Waals surface area (Å²) in [5, 5.41) is 5.22. The fourth-order valence-electron chi connectivity index (χ4n) is 2.07. The minimum atomic E-state index is -0.281. The lowest BCUT2D eigenvalue weighted by Crippen LogP contribution is -2.43. The van der Waals surface area contributed by atoms with Crippen LogP contribution < -0.4 is 10.6 Å². The van der Waals surface area contributed by atoms with Crippen LogP contribution in [0.4, 0.5) is 0 Å². The molecule has 126 valence electrons. The molecule has 0 spiro atoms. The summed E-state index contributed by atoms with van der Waals surface area (Å²) in [4.78, 5) is 36.8. The van der Waals surface area contributed by atoms with Crippen molar-refractivity contribution in [3.05, 3.63) is 0 Å². The van der Waals surface area contributed by atoms with Crippen LogP contribution in [0.15, 0.2) is 0 Å². The molecule has 0 radical (unpaired) electrons. The van der Waals surface area contributed by atoms with Gasteiger partial charge in [-0.05, 0) is 5.41 Å². The first-order valence-corrected chi connectivity index (χ1v) is 7.67. The van der Waals surface area contributed by atoms with E-state index in [2.05, 4.69) is 10.6 Å². The molecule has 0 aromatic carbocycles. The van der Waals surface area contributed by atoms with Gasteiger partial charge in [0.15, 0.2) is 0 Å². The van der Waals surface area contributed by atoms with Gasteiger partial charge in [-0.2, -0.15) is 0 Å². The summed E-state index contributed by atoms with van der Waals surface area (Å²) in [5.74, 6) is -0.413. The van der Waals surface area contributed by atoms with Gasteiger partial charge >= 0.3 is 0 Å². The summed E-state index contributed by atoms with van der Waals surface area (Å²) in [7, 11) is 0. The van der Waals surface area contributed by atoms with Crippen LogP contribution in [0.3, 0.4) is 0 Å². The molecule has 1 fully saturated rings. The van der Waals surface area contributed by atoms with Crippen LogP contribution in [0.5, 0.6) is 0 Å². The Hall–Kier alpha value is -1.63. The number of ether oxygens (including phenoxy) is 1. The Labute approximate surface area is 131 Å². The van der Waals surface area contributed by atoms with Crippen LogP contribution in [0.25, 0.3) is 0 Å². The quantitative estimate of drug-likeness (QED) is 0.717. The maximum atomic E-state index is 11.9. The van der Waals surface area contributed by atoms with E-state index in [4.69, 9.17) is 4.74 Å². The molecule has 22 heavy (non-hydrogen) atoms. The van der Waals surface area contributed by atoms with Crippen molar-refractivity contribution in [1.82, 2.24) is 15.5 Å². The van der Waals surface area contributed by atoms with Crippen molar-refractivity contribution in [2.75, 3.05) is 39.4 Å². The van der Waals surface area contributed by atoms with Crippen molar-refractivity contribution in [2.45, 2.75) is 33.6 Å². The number of nitrogens with one attached hydrogen (secondary N) is 2. The zero-order valence-corrected chi connectivity index (χ0v) is 13.7. The normalized spacial score (nSPS) is 15.3. The third-order valence-electron chi connectivity index (χ3n) is 3.16. The fourth-order valence-corrected chi connectivity index (χ4v) is 2.07. The summed E-state index contributed by atoms with van der Waals surface area (Å²) in [6, 6.07) is 0. The van der Waals surface area contributed by atoms with Crippen LogP contribution in [0.2, 0.25) is 0 Å². The molecular weight excluding hydrogens is 286 g/mol. The van der Waals surface area contributed by atoms with Crippen molar-refractivity contribution >= 4 is 17.7 Å². The van der Waals surface area contributed by atoms with E-state index in [-0.39, 0.29) is 42.6 Å². The first-order valence-electron chi connectivity index (χ1n) is 7.67. The van der Waals surface area contributed by atoms with Crippen molar-refractivity contribution in [3.8, 4) is 0 Å². The monoisotopic (exact) mass is 313 g/mol. The lowest BCUT2D eigenvalue weighted by molar-refractivity contribution is -0.135. The molecule has 0 saturated carbocycles. The Morgan fingerprint density at radius 1 is 1.05 bits per heavy atom. The molecule has 0 aromatic heterocycles. The van der Waals surface area contributed by atoms with Gasteiger partial charge in [0.05, 0.1) is 19.8 Å². The first-order chi connectivity index (χ1) is 10.3. The number of hydrogen-bond donors (Lipinski definition) is 2.